The van der Waals surface area contributed by atoms with Crippen LogP contribution in [0.2, 0.25) is 0 Å². The van der Waals surface area contributed by atoms with Gasteiger partial charge in [-0.15, -0.1) is 17.0 Å². The van der Waals surface area contributed by atoms with Gasteiger partial charge in [0.05, 0.1) is 6.42 Å². The zero-order chi connectivity index (χ0) is 18.9. The molecule has 0 saturated carbocycles. The fraction of sp³-hybridized carbons (Fsp3) is 0.364. The number of hydrogen-bond acceptors (Lipinski definition) is 3. The van der Waals surface area contributed by atoms with Gasteiger partial charge in [-0.2, -0.15) is 0 Å². The highest BCUT2D eigenvalue weighted by Crippen LogP contribution is 2.19. The number of rotatable bonds is 8. The summed E-state index contributed by atoms with van der Waals surface area (Å²) in [4.78, 5) is 26.8. The van der Waals surface area contributed by atoms with Crippen molar-refractivity contribution in [1.29, 1.82) is 0 Å². The summed E-state index contributed by atoms with van der Waals surface area (Å²) in [5.74, 6) is -0.0172. The molecule has 2 amide bonds. The van der Waals surface area contributed by atoms with Crippen LogP contribution in [0.4, 0.5) is 0 Å². The molecule has 1 aliphatic heterocycles. The number of amides is 2. The Morgan fingerprint density at radius 1 is 0.929 bits per heavy atom. The first-order valence-corrected chi connectivity index (χ1v) is 9.60. The van der Waals surface area contributed by atoms with Crippen molar-refractivity contribution in [2.75, 3.05) is 19.6 Å². The van der Waals surface area contributed by atoms with E-state index in [4.69, 9.17) is 0 Å². The number of carbonyl (C=O) groups is 2. The van der Waals surface area contributed by atoms with Crippen LogP contribution in [-0.2, 0) is 22.6 Å². The SMILES string of the molecule is Br.O=C(NCCNCc1ccccc1)C1CCCN1C(=O)Cc1ccccc1. The molecule has 0 bridgehead atoms. The Morgan fingerprint density at radius 2 is 1.57 bits per heavy atom. The van der Waals surface area contributed by atoms with Crippen LogP contribution in [0.5, 0.6) is 0 Å². The standard InChI is InChI=1S/C22H27N3O2.BrH/c26-21(16-18-8-3-1-4-9-18)25-15-7-12-20(25)22(27)24-14-13-23-17-19-10-5-2-6-11-19;/h1-6,8-11,20,23H,7,12-17H2,(H,24,27);1H. The average Bonchev–Trinajstić information content (AvgIpc) is 3.19. The highest BCUT2D eigenvalue weighted by molar-refractivity contribution is 8.93. The topological polar surface area (TPSA) is 61.4 Å². The zero-order valence-corrected chi connectivity index (χ0v) is 17.7. The number of likely N-dealkylation sites (tertiary alicyclic amines) is 1. The summed E-state index contributed by atoms with van der Waals surface area (Å²) < 4.78 is 0. The molecule has 1 fully saturated rings. The van der Waals surface area contributed by atoms with E-state index in [0.29, 0.717) is 26.1 Å². The van der Waals surface area contributed by atoms with E-state index < -0.39 is 0 Å². The Balaban J connectivity index is 0.00000280. The molecule has 1 saturated heterocycles. The van der Waals surface area contributed by atoms with Gasteiger partial charge in [-0.1, -0.05) is 60.7 Å². The van der Waals surface area contributed by atoms with Crippen LogP contribution in [0.25, 0.3) is 0 Å². The molecule has 5 nitrogen and oxygen atoms in total. The average molecular weight is 446 g/mol. The van der Waals surface area contributed by atoms with Crippen molar-refractivity contribution in [3.8, 4) is 0 Å². The van der Waals surface area contributed by atoms with Crippen molar-refractivity contribution in [2.24, 2.45) is 0 Å². The molecule has 0 radical (unpaired) electrons. The van der Waals surface area contributed by atoms with Gasteiger partial charge in [-0.05, 0) is 24.0 Å². The summed E-state index contributed by atoms with van der Waals surface area (Å²) in [5, 5.41) is 6.28. The second kappa shape index (κ2) is 11.6. The molecule has 0 aromatic heterocycles. The molecule has 2 aromatic rings. The first-order chi connectivity index (χ1) is 13.2. The van der Waals surface area contributed by atoms with Crippen LogP contribution in [0.1, 0.15) is 24.0 Å². The van der Waals surface area contributed by atoms with Gasteiger partial charge in [-0.25, -0.2) is 0 Å². The minimum atomic E-state index is -0.338. The molecular weight excluding hydrogens is 418 g/mol. The molecule has 28 heavy (non-hydrogen) atoms. The Bertz CT molecular complexity index is 740. The van der Waals surface area contributed by atoms with E-state index in [0.717, 1.165) is 24.9 Å². The van der Waals surface area contributed by atoms with E-state index in [9.17, 15) is 9.59 Å². The minimum Gasteiger partial charge on any atom is -0.353 e. The Morgan fingerprint density at radius 3 is 2.25 bits per heavy atom. The molecule has 6 heteroatoms. The predicted octanol–water partition coefficient (Wildman–Crippen LogP) is 2.70. The lowest BCUT2D eigenvalue weighted by Crippen LogP contribution is -2.47. The number of nitrogens with zero attached hydrogens (tertiary/aromatic N) is 1. The summed E-state index contributed by atoms with van der Waals surface area (Å²) in [6, 6.07) is 19.5. The van der Waals surface area contributed by atoms with Crippen molar-refractivity contribution in [1.82, 2.24) is 15.5 Å². The molecule has 2 aromatic carbocycles. The largest absolute Gasteiger partial charge is 0.353 e. The number of halogens is 1. The van der Waals surface area contributed by atoms with Gasteiger partial charge in [0, 0.05) is 26.2 Å². The third-order valence-corrected chi connectivity index (χ3v) is 4.85. The van der Waals surface area contributed by atoms with Crippen molar-refractivity contribution in [3.05, 3.63) is 71.8 Å². The second-order valence-corrected chi connectivity index (χ2v) is 6.86. The molecule has 2 N–H and O–H groups in total. The number of benzene rings is 2. The molecular formula is C22H28BrN3O2. The number of carbonyl (C=O) groups excluding carboxylic acids is 2. The summed E-state index contributed by atoms with van der Waals surface area (Å²) in [6.45, 7) is 2.70. The minimum absolute atomic E-state index is 0. The van der Waals surface area contributed by atoms with E-state index in [1.54, 1.807) is 4.90 Å². The van der Waals surface area contributed by atoms with Crippen molar-refractivity contribution in [3.63, 3.8) is 0 Å². The maximum atomic E-state index is 12.6. The smallest absolute Gasteiger partial charge is 0.242 e. The van der Waals surface area contributed by atoms with Gasteiger partial charge in [0.2, 0.25) is 11.8 Å². The Labute approximate surface area is 177 Å². The number of nitrogens with one attached hydrogen (secondary N) is 2. The second-order valence-electron chi connectivity index (χ2n) is 6.86. The monoisotopic (exact) mass is 445 g/mol. The van der Waals surface area contributed by atoms with Gasteiger partial charge >= 0.3 is 0 Å². The molecule has 0 aliphatic carbocycles. The Kier molecular flexibility index (Phi) is 9.17. The Hall–Kier alpha value is -2.18. The third kappa shape index (κ3) is 6.46. The van der Waals surface area contributed by atoms with E-state index in [1.807, 2.05) is 48.5 Å². The summed E-state index contributed by atoms with van der Waals surface area (Å²) in [6.07, 6.45) is 1.97. The molecule has 1 heterocycles. The maximum Gasteiger partial charge on any atom is 0.242 e. The van der Waals surface area contributed by atoms with E-state index in [1.165, 1.54) is 5.56 Å². The lowest BCUT2D eigenvalue weighted by molar-refractivity contribution is -0.137. The molecule has 1 aliphatic rings. The van der Waals surface area contributed by atoms with Crippen molar-refractivity contribution < 1.29 is 9.59 Å². The number of hydrogen-bond donors (Lipinski definition) is 2. The van der Waals surface area contributed by atoms with Crippen LogP contribution in [0.15, 0.2) is 60.7 Å². The quantitative estimate of drug-likeness (QED) is 0.614. The van der Waals surface area contributed by atoms with Crippen molar-refractivity contribution >= 4 is 28.8 Å². The van der Waals surface area contributed by atoms with Gasteiger partial charge < -0.3 is 15.5 Å². The van der Waals surface area contributed by atoms with Gasteiger partial charge in [0.1, 0.15) is 6.04 Å². The normalized spacial score (nSPS) is 15.7. The van der Waals surface area contributed by atoms with Gasteiger partial charge in [0.15, 0.2) is 0 Å². The van der Waals surface area contributed by atoms with E-state index in [2.05, 4.69) is 22.8 Å². The van der Waals surface area contributed by atoms with E-state index in [-0.39, 0.29) is 34.8 Å². The first kappa shape index (κ1) is 22.1. The fourth-order valence-electron chi connectivity index (χ4n) is 3.43. The predicted molar refractivity (Wildman–Crippen MR) is 116 cm³/mol. The van der Waals surface area contributed by atoms with Crippen LogP contribution >= 0.6 is 17.0 Å². The lowest BCUT2D eigenvalue weighted by Gasteiger charge is -2.24. The summed E-state index contributed by atoms with van der Waals surface area (Å²) in [7, 11) is 0. The summed E-state index contributed by atoms with van der Waals surface area (Å²) >= 11 is 0. The molecule has 1 unspecified atom stereocenters. The fourth-order valence-corrected chi connectivity index (χ4v) is 3.43. The summed E-state index contributed by atoms with van der Waals surface area (Å²) in [5.41, 5.74) is 2.20. The van der Waals surface area contributed by atoms with Crippen LogP contribution < -0.4 is 10.6 Å². The lowest BCUT2D eigenvalue weighted by atomic mass is 10.1. The highest BCUT2D eigenvalue weighted by atomic mass is 79.9. The first-order valence-electron chi connectivity index (χ1n) is 9.60. The van der Waals surface area contributed by atoms with E-state index >= 15 is 0 Å². The van der Waals surface area contributed by atoms with Crippen LogP contribution in [0.3, 0.4) is 0 Å². The van der Waals surface area contributed by atoms with Crippen molar-refractivity contribution in [2.45, 2.75) is 31.8 Å². The molecule has 3 rings (SSSR count). The molecule has 1 atom stereocenters. The highest BCUT2D eigenvalue weighted by Gasteiger charge is 2.33. The maximum absolute atomic E-state index is 12.6. The molecule has 0 spiro atoms. The third-order valence-electron chi connectivity index (χ3n) is 4.85. The van der Waals surface area contributed by atoms with Crippen LogP contribution in [-0.4, -0.2) is 42.4 Å². The molecule has 150 valence electrons. The zero-order valence-electron chi connectivity index (χ0n) is 16.0. The van der Waals surface area contributed by atoms with Gasteiger partial charge in [0.25, 0.3) is 0 Å². The van der Waals surface area contributed by atoms with Crippen LogP contribution in [0, 0.1) is 0 Å². The van der Waals surface area contributed by atoms with Gasteiger partial charge in [-0.3, -0.25) is 9.59 Å².